The molecule has 0 aromatic carbocycles. The maximum atomic E-state index is 11.1. The number of halogens is 2. The summed E-state index contributed by atoms with van der Waals surface area (Å²) in [5.41, 5.74) is 0.593. The van der Waals surface area contributed by atoms with E-state index in [4.69, 9.17) is 11.6 Å². The number of thiophene rings is 1. The summed E-state index contributed by atoms with van der Waals surface area (Å²) in [5, 5.41) is 11.1. The first-order valence-corrected chi connectivity index (χ1v) is 9.51. The fourth-order valence-corrected chi connectivity index (χ4v) is 7.78. The highest BCUT2D eigenvalue weighted by Crippen LogP contribution is 2.68. The van der Waals surface area contributed by atoms with E-state index in [9.17, 15) is 5.11 Å². The summed E-state index contributed by atoms with van der Waals surface area (Å²) in [5.74, 6) is 1.68. The number of hydrogen-bond donors (Lipinski definition) is 1. The minimum absolute atomic E-state index is 0.118. The Hall–Kier alpha value is 0.430. The Morgan fingerprint density at radius 3 is 2.50 bits per heavy atom. The van der Waals surface area contributed by atoms with Crippen LogP contribution in [0.1, 0.15) is 56.4 Å². The lowest BCUT2D eigenvalue weighted by Gasteiger charge is -2.62. The highest BCUT2D eigenvalue weighted by molar-refractivity contribution is 9.10. The average Bonchev–Trinajstić information content (AvgIpc) is 2.65. The SMILES string of the molecule is CC12CC3CC(C1)CC(C(O)c1cc(Br)c(Cl)s1)(C3)C2. The second-order valence-corrected chi connectivity index (χ2v) is 10.3. The minimum atomic E-state index is -0.332. The van der Waals surface area contributed by atoms with Crippen LogP contribution >= 0.6 is 38.9 Å². The first-order chi connectivity index (χ1) is 9.39. The molecule has 0 amide bonds. The summed E-state index contributed by atoms with van der Waals surface area (Å²) in [6, 6.07) is 2.03. The Bertz CT molecular complexity index is 521. The zero-order valence-electron chi connectivity index (χ0n) is 11.7. The lowest BCUT2D eigenvalue weighted by Crippen LogP contribution is -2.52. The van der Waals surface area contributed by atoms with Gasteiger partial charge < -0.3 is 5.11 Å². The van der Waals surface area contributed by atoms with Gasteiger partial charge in [-0.05, 0) is 77.8 Å². The lowest BCUT2D eigenvalue weighted by molar-refractivity contribution is -0.154. The Labute approximate surface area is 137 Å². The highest BCUT2D eigenvalue weighted by atomic mass is 79.9. The van der Waals surface area contributed by atoms with Crippen molar-refractivity contribution in [2.75, 3.05) is 0 Å². The summed E-state index contributed by atoms with van der Waals surface area (Å²) in [4.78, 5) is 1.05. The van der Waals surface area contributed by atoms with Crippen molar-refractivity contribution < 1.29 is 5.11 Å². The predicted octanol–water partition coefficient (Wildman–Crippen LogP) is 5.80. The van der Waals surface area contributed by atoms with Crippen LogP contribution in [0, 0.1) is 22.7 Å². The molecule has 4 aliphatic carbocycles. The van der Waals surface area contributed by atoms with Gasteiger partial charge in [-0.2, -0.15) is 0 Å². The van der Waals surface area contributed by atoms with Gasteiger partial charge in [0.2, 0.25) is 0 Å². The second kappa shape index (κ2) is 4.47. The normalized spacial score (nSPS) is 44.0. The molecule has 4 bridgehead atoms. The largest absolute Gasteiger partial charge is 0.387 e. The quantitative estimate of drug-likeness (QED) is 0.692. The Morgan fingerprint density at radius 1 is 1.35 bits per heavy atom. The van der Waals surface area contributed by atoms with E-state index in [0.29, 0.717) is 5.41 Å². The average molecular weight is 376 g/mol. The van der Waals surface area contributed by atoms with Crippen LogP contribution in [0.5, 0.6) is 0 Å². The van der Waals surface area contributed by atoms with Crippen molar-refractivity contribution in [2.24, 2.45) is 22.7 Å². The van der Waals surface area contributed by atoms with Crippen molar-refractivity contribution in [1.29, 1.82) is 0 Å². The summed E-state index contributed by atoms with van der Waals surface area (Å²) in [6.45, 7) is 2.45. The van der Waals surface area contributed by atoms with E-state index < -0.39 is 0 Å². The molecule has 3 unspecified atom stereocenters. The number of rotatable bonds is 2. The molecule has 5 rings (SSSR count). The maximum absolute atomic E-state index is 11.1. The van der Waals surface area contributed by atoms with E-state index in [1.165, 1.54) is 49.9 Å². The zero-order valence-corrected chi connectivity index (χ0v) is 14.8. The van der Waals surface area contributed by atoms with Crippen LogP contribution in [-0.4, -0.2) is 5.11 Å². The molecule has 4 aliphatic rings. The molecule has 1 N–H and O–H groups in total. The molecule has 1 heterocycles. The third-order valence-corrected chi connectivity index (χ3v) is 8.44. The molecular weight excluding hydrogens is 356 g/mol. The maximum Gasteiger partial charge on any atom is 0.107 e. The van der Waals surface area contributed by atoms with Gasteiger partial charge in [-0.1, -0.05) is 18.5 Å². The lowest BCUT2D eigenvalue weighted by atomic mass is 9.43. The van der Waals surface area contributed by atoms with Crippen LogP contribution in [-0.2, 0) is 0 Å². The van der Waals surface area contributed by atoms with Gasteiger partial charge in [-0.3, -0.25) is 0 Å². The van der Waals surface area contributed by atoms with Gasteiger partial charge in [0.25, 0.3) is 0 Å². The number of aliphatic hydroxyl groups excluding tert-OH is 1. The van der Waals surface area contributed by atoms with Gasteiger partial charge in [-0.15, -0.1) is 11.3 Å². The van der Waals surface area contributed by atoms with Crippen molar-refractivity contribution in [3.63, 3.8) is 0 Å². The van der Waals surface area contributed by atoms with E-state index in [0.717, 1.165) is 25.5 Å². The molecule has 4 heteroatoms. The molecule has 3 atom stereocenters. The molecule has 4 fully saturated rings. The Balaban J connectivity index is 1.70. The first-order valence-electron chi connectivity index (χ1n) is 7.52. The van der Waals surface area contributed by atoms with Crippen molar-refractivity contribution in [2.45, 2.75) is 51.6 Å². The van der Waals surface area contributed by atoms with Crippen molar-refractivity contribution in [1.82, 2.24) is 0 Å². The van der Waals surface area contributed by atoms with Gasteiger partial charge in [0, 0.05) is 14.8 Å². The Morgan fingerprint density at radius 2 is 2.00 bits per heavy atom. The van der Waals surface area contributed by atoms with Gasteiger partial charge in [-0.25, -0.2) is 0 Å². The molecule has 4 saturated carbocycles. The summed E-state index contributed by atoms with van der Waals surface area (Å²) >= 11 is 11.2. The number of aliphatic hydroxyl groups is 1. The van der Waals surface area contributed by atoms with Crippen LogP contribution in [0.2, 0.25) is 4.34 Å². The third-order valence-electron chi connectivity index (χ3n) is 5.91. The fraction of sp³-hybridized carbons (Fsp3) is 0.750. The van der Waals surface area contributed by atoms with Gasteiger partial charge >= 0.3 is 0 Å². The van der Waals surface area contributed by atoms with Crippen LogP contribution in [0.25, 0.3) is 0 Å². The van der Waals surface area contributed by atoms with Crippen LogP contribution in [0.4, 0.5) is 0 Å². The molecule has 1 aromatic rings. The molecule has 0 aliphatic heterocycles. The van der Waals surface area contributed by atoms with Crippen LogP contribution in [0.3, 0.4) is 0 Å². The van der Waals surface area contributed by atoms with Crippen molar-refractivity contribution in [3.05, 3.63) is 19.8 Å². The summed E-state index contributed by atoms with van der Waals surface area (Å²) in [7, 11) is 0. The molecular formula is C16H20BrClOS. The molecule has 110 valence electrons. The highest BCUT2D eigenvalue weighted by Gasteiger charge is 2.58. The summed E-state index contributed by atoms with van der Waals surface area (Å²) in [6.07, 6.45) is 7.46. The van der Waals surface area contributed by atoms with E-state index in [2.05, 4.69) is 22.9 Å². The number of hydrogen-bond acceptors (Lipinski definition) is 2. The third kappa shape index (κ3) is 2.04. The molecule has 0 saturated heterocycles. The van der Waals surface area contributed by atoms with Crippen LogP contribution in [0.15, 0.2) is 10.5 Å². The van der Waals surface area contributed by atoms with E-state index in [1.54, 1.807) is 0 Å². The van der Waals surface area contributed by atoms with Gasteiger partial charge in [0.1, 0.15) is 4.34 Å². The molecule has 20 heavy (non-hydrogen) atoms. The molecule has 1 nitrogen and oxygen atoms in total. The second-order valence-electron chi connectivity index (χ2n) is 7.81. The molecule has 0 spiro atoms. The predicted molar refractivity (Wildman–Crippen MR) is 87.2 cm³/mol. The monoisotopic (exact) mass is 374 g/mol. The standard InChI is InChI=1S/C16H20BrClOS/c1-15-4-9-2-10(5-15)7-16(6-9,8-15)13(19)12-3-11(17)14(18)20-12/h3,9-10,13,19H,2,4-8H2,1H3. The molecule has 1 aromatic heterocycles. The van der Waals surface area contributed by atoms with E-state index in [1.807, 2.05) is 6.07 Å². The summed E-state index contributed by atoms with van der Waals surface area (Å²) < 4.78 is 1.68. The Kier molecular flexibility index (Phi) is 3.14. The topological polar surface area (TPSA) is 20.2 Å². The van der Waals surface area contributed by atoms with Crippen molar-refractivity contribution in [3.8, 4) is 0 Å². The molecule has 0 radical (unpaired) electrons. The van der Waals surface area contributed by atoms with Crippen LogP contribution < -0.4 is 0 Å². The fourth-order valence-electron chi connectivity index (χ4n) is 5.92. The van der Waals surface area contributed by atoms with Gasteiger partial charge in [0.05, 0.1) is 6.10 Å². The van der Waals surface area contributed by atoms with E-state index >= 15 is 0 Å². The smallest absolute Gasteiger partial charge is 0.107 e. The zero-order chi connectivity index (χ0) is 14.1. The minimum Gasteiger partial charge on any atom is -0.387 e. The first kappa shape index (κ1) is 14.0. The van der Waals surface area contributed by atoms with Crippen molar-refractivity contribution >= 4 is 38.9 Å². The van der Waals surface area contributed by atoms with Gasteiger partial charge in [0.15, 0.2) is 0 Å². The van der Waals surface area contributed by atoms with E-state index in [-0.39, 0.29) is 11.5 Å².